The Morgan fingerprint density at radius 2 is 1.62 bits per heavy atom. The molecule has 6 nitrogen and oxygen atoms in total. The number of hydrogen-bond acceptors (Lipinski definition) is 4. The van der Waals surface area contributed by atoms with Crippen LogP contribution in [0.1, 0.15) is 28.9 Å². The highest BCUT2D eigenvalue weighted by Gasteiger charge is 2.28. The standard InChI is InChI=1S/C18H16Cl2N2O4/c1-2-21-18(25)22-16(23)15(11-7-4-3-5-8-11)26-17(24)14-12(19)9-6-10-13(14)20/h3-10,15H,2H2,1H3,(H2,21,22,23,25)/t15-/m1/s1. The number of ether oxygens (including phenoxy) is 1. The molecule has 0 unspecified atom stereocenters. The number of esters is 1. The first-order valence-electron chi connectivity index (χ1n) is 7.72. The van der Waals surface area contributed by atoms with E-state index in [0.29, 0.717) is 12.1 Å². The summed E-state index contributed by atoms with van der Waals surface area (Å²) < 4.78 is 5.33. The van der Waals surface area contributed by atoms with Crippen LogP contribution in [-0.4, -0.2) is 24.5 Å². The molecule has 8 heteroatoms. The number of rotatable bonds is 5. The highest BCUT2D eigenvalue weighted by Crippen LogP contribution is 2.27. The van der Waals surface area contributed by atoms with E-state index in [1.165, 1.54) is 12.1 Å². The van der Waals surface area contributed by atoms with Gasteiger partial charge in [-0.2, -0.15) is 0 Å². The molecule has 0 aliphatic heterocycles. The van der Waals surface area contributed by atoms with Gasteiger partial charge in [-0.3, -0.25) is 10.1 Å². The van der Waals surface area contributed by atoms with Crippen molar-refractivity contribution in [3.8, 4) is 0 Å². The van der Waals surface area contributed by atoms with Gasteiger partial charge in [-0.05, 0) is 19.1 Å². The molecule has 3 amide bonds. The van der Waals surface area contributed by atoms with Crippen LogP contribution in [0, 0.1) is 0 Å². The lowest BCUT2D eigenvalue weighted by Gasteiger charge is -2.18. The molecule has 2 aromatic carbocycles. The summed E-state index contributed by atoms with van der Waals surface area (Å²) in [5, 5.41) is 4.76. The number of amides is 3. The third-order valence-electron chi connectivity index (χ3n) is 3.31. The van der Waals surface area contributed by atoms with Gasteiger partial charge in [0.2, 0.25) is 6.10 Å². The Hall–Kier alpha value is -2.57. The molecule has 2 N–H and O–H groups in total. The highest BCUT2D eigenvalue weighted by molar-refractivity contribution is 6.39. The second kappa shape index (κ2) is 9.22. The summed E-state index contributed by atoms with van der Waals surface area (Å²) in [6.07, 6.45) is -1.35. The van der Waals surface area contributed by atoms with E-state index in [9.17, 15) is 14.4 Å². The first kappa shape index (κ1) is 19.8. The molecule has 0 saturated heterocycles. The van der Waals surface area contributed by atoms with E-state index in [0.717, 1.165) is 0 Å². The van der Waals surface area contributed by atoms with Crippen molar-refractivity contribution in [2.75, 3.05) is 6.54 Å². The summed E-state index contributed by atoms with van der Waals surface area (Å²) in [5.74, 6) is -1.67. The molecule has 0 fully saturated rings. The third kappa shape index (κ3) is 4.97. The molecule has 0 radical (unpaired) electrons. The molecule has 26 heavy (non-hydrogen) atoms. The average Bonchev–Trinajstić information content (AvgIpc) is 2.60. The van der Waals surface area contributed by atoms with Crippen molar-refractivity contribution >= 4 is 41.1 Å². The zero-order valence-corrected chi connectivity index (χ0v) is 15.3. The summed E-state index contributed by atoms with van der Waals surface area (Å²) in [5.41, 5.74) is 0.341. The first-order chi connectivity index (χ1) is 12.4. The topological polar surface area (TPSA) is 84.5 Å². The molecule has 2 rings (SSSR count). The van der Waals surface area contributed by atoms with Crippen LogP contribution in [0.3, 0.4) is 0 Å². The van der Waals surface area contributed by atoms with Gasteiger partial charge in [0.15, 0.2) is 0 Å². The van der Waals surface area contributed by atoms with Crippen LogP contribution in [0.25, 0.3) is 0 Å². The van der Waals surface area contributed by atoms with E-state index in [1.807, 2.05) is 0 Å². The lowest BCUT2D eigenvalue weighted by Crippen LogP contribution is -2.42. The molecular formula is C18H16Cl2N2O4. The Morgan fingerprint density at radius 3 is 2.19 bits per heavy atom. The van der Waals surface area contributed by atoms with Crippen LogP contribution in [0.2, 0.25) is 10.0 Å². The van der Waals surface area contributed by atoms with Crippen molar-refractivity contribution in [2.24, 2.45) is 0 Å². The Labute approximate surface area is 160 Å². The Morgan fingerprint density at radius 1 is 1.00 bits per heavy atom. The number of carbonyl (C=O) groups excluding carboxylic acids is 3. The Balaban J connectivity index is 2.28. The van der Waals surface area contributed by atoms with Crippen molar-refractivity contribution in [3.05, 3.63) is 69.7 Å². The van der Waals surface area contributed by atoms with Crippen LogP contribution in [-0.2, 0) is 9.53 Å². The van der Waals surface area contributed by atoms with E-state index in [2.05, 4.69) is 10.6 Å². The van der Waals surface area contributed by atoms with Crippen LogP contribution in [0.15, 0.2) is 48.5 Å². The van der Waals surface area contributed by atoms with Crippen LogP contribution in [0.4, 0.5) is 4.79 Å². The molecule has 0 bridgehead atoms. The number of nitrogens with one attached hydrogen (secondary N) is 2. The van der Waals surface area contributed by atoms with E-state index in [1.54, 1.807) is 43.3 Å². The van der Waals surface area contributed by atoms with Crippen molar-refractivity contribution in [1.82, 2.24) is 10.6 Å². The summed E-state index contributed by atoms with van der Waals surface area (Å²) in [6, 6.07) is 12.2. The number of imide groups is 1. The minimum absolute atomic E-state index is 0.0532. The van der Waals surface area contributed by atoms with E-state index >= 15 is 0 Å². The number of halogens is 2. The van der Waals surface area contributed by atoms with Crippen LogP contribution >= 0.6 is 23.2 Å². The van der Waals surface area contributed by atoms with Gasteiger partial charge in [0.25, 0.3) is 5.91 Å². The molecule has 1 atom stereocenters. The maximum absolute atomic E-state index is 12.5. The SMILES string of the molecule is CCNC(=O)NC(=O)[C@H](OC(=O)c1c(Cl)cccc1Cl)c1ccccc1. The lowest BCUT2D eigenvalue weighted by atomic mass is 10.1. The smallest absolute Gasteiger partial charge is 0.342 e. The molecule has 0 aliphatic rings. The average molecular weight is 395 g/mol. The second-order valence-electron chi connectivity index (χ2n) is 5.14. The number of hydrogen-bond donors (Lipinski definition) is 2. The normalized spacial score (nSPS) is 11.3. The number of carbonyl (C=O) groups is 3. The maximum atomic E-state index is 12.5. The van der Waals surface area contributed by atoms with E-state index in [-0.39, 0.29) is 15.6 Å². The lowest BCUT2D eigenvalue weighted by molar-refractivity contribution is -0.129. The Kier molecular flexibility index (Phi) is 7.00. The van der Waals surface area contributed by atoms with Crippen LogP contribution < -0.4 is 10.6 Å². The zero-order chi connectivity index (χ0) is 19.1. The molecule has 0 heterocycles. The van der Waals surface area contributed by atoms with Gasteiger partial charge in [-0.25, -0.2) is 9.59 Å². The van der Waals surface area contributed by atoms with Gasteiger partial charge in [0, 0.05) is 12.1 Å². The fraction of sp³-hybridized carbons (Fsp3) is 0.167. The van der Waals surface area contributed by atoms with Gasteiger partial charge in [0.1, 0.15) is 0 Å². The third-order valence-corrected chi connectivity index (χ3v) is 3.94. The van der Waals surface area contributed by atoms with Crippen LogP contribution in [0.5, 0.6) is 0 Å². The van der Waals surface area contributed by atoms with Gasteiger partial charge in [-0.1, -0.05) is 59.6 Å². The molecule has 2 aromatic rings. The minimum atomic E-state index is -1.35. The molecular weight excluding hydrogens is 379 g/mol. The fourth-order valence-corrected chi connectivity index (χ4v) is 2.69. The summed E-state index contributed by atoms with van der Waals surface area (Å²) in [7, 11) is 0. The number of urea groups is 1. The van der Waals surface area contributed by atoms with Crippen molar-refractivity contribution in [2.45, 2.75) is 13.0 Å². The van der Waals surface area contributed by atoms with Crippen molar-refractivity contribution in [1.29, 1.82) is 0 Å². The molecule has 0 spiro atoms. The minimum Gasteiger partial charge on any atom is -0.444 e. The monoisotopic (exact) mass is 394 g/mol. The van der Waals surface area contributed by atoms with E-state index < -0.39 is 24.0 Å². The molecule has 0 saturated carbocycles. The molecule has 136 valence electrons. The summed E-state index contributed by atoms with van der Waals surface area (Å²) >= 11 is 12.0. The van der Waals surface area contributed by atoms with Gasteiger partial charge in [-0.15, -0.1) is 0 Å². The van der Waals surface area contributed by atoms with Crippen molar-refractivity contribution < 1.29 is 19.1 Å². The summed E-state index contributed by atoms with van der Waals surface area (Å²) in [4.78, 5) is 36.6. The highest BCUT2D eigenvalue weighted by atomic mass is 35.5. The van der Waals surface area contributed by atoms with Gasteiger partial charge >= 0.3 is 12.0 Å². The fourth-order valence-electron chi connectivity index (χ4n) is 2.14. The predicted molar refractivity (Wildman–Crippen MR) is 98.3 cm³/mol. The first-order valence-corrected chi connectivity index (χ1v) is 8.48. The zero-order valence-electron chi connectivity index (χ0n) is 13.8. The molecule has 0 aromatic heterocycles. The molecule has 0 aliphatic carbocycles. The maximum Gasteiger partial charge on any atom is 0.342 e. The quantitative estimate of drug-likeness (QED) is 0.756. The predicted octanol–water partition coefficient (Wildman–Crippen LogP) is 3.74. The second-order valence-corrected chi connectivity index (χ2v) is 5.96. The van der Waals surface area contributed by atoms with Gasteiger partial charge < -0.3 is 10.1 Å². The Bertz CT molecular complexity index is 792. The van der Waals surface area contributed by atoms with E-state index in [4.69, 9.17) is 27.9 Å². The summed E-state index contributed by atoms with van der Waals surface area (Å²) in [6.45, 7) is 2.04. The van der Waals surface area contributed by atoms with Crippen molar-refractivity contribution in [3.63, 3.8) is 0 Å². The number of benzene rings is 2. The van der Waals surface area contributed by atoms with Gasteiger partial charge in [0.05, 0.1) is 15.6 Å². The largest absolute Gasteiger partial charge is 0.444 e.